The molecule has 0 aromatic heterocycles. The van der Waals surface area contributed by atoms with Crippen LogP contribution in [0, 0.1) is 23.7 Å². The SMILES string of the molecule is CC(C)C(=O)O.CC(C)C(=O)O.CC(C)C(=O)O.CC(C)C(=O)O.[Ti]. The van der Waals surface area contributed by atoms with Gasteiger partial charge in [0.15, 0.2) is 0 Å². The summed E-state index contributed by atoms with van der Waals surface area (Å²) in [6.45, 7) is 13.1. The third kappa shape index (κ3) is 45.0. The molecule has 0 aliphatic heterocycles. The van der Waals surface area contributed by atoms with Crippen LogP contribution < -0.4 is 0 Å². The summed E-state index contributed by atoms with van der Waals surface area (Å²) in [7, 11) is 0. The molecule has 0 aliphatic rings. The second-order valence-corrected chi connectivity index (χ2v) is 5.97. The Kier molecular flexibility index (Phi) is 28.8. The molecule has 0 aromatic carbocycles. The number of carbonyl (C=O) groups is 4. The first-order valence-electron chi connectivity index (χ1n) is 7.48. The first-order chi connectivity index (χ1) is 10.6. The van der Waals surface area contributed by atoms with Gasteiger partial charge in [0.2, 0.25) is 0 Å². The van der Waals surface area contributed by atoms with Crippen LogP contribution in [0.3, 0.4) is 0 Å². The monoisotopic (exact) mass is 400 g/mol. The molecule has 0 rings (SSSR count). The van der Waals surface area contributed by atoms with Crippen LogP contribution in [0.15, 0.2) is 0 Å². The van der Waals surface area contributed by atoms with Gasteiger partial charge in [-0.15, -0.1) is 0 Å². The predicted octanol–water partition coefficient (Wildman–Crippen LogP) is 2.91. The van der Waals surface area contributed by atoms with Crippen LogP contribution in [0.4, 0.5) is 0 Å². The molecule has 0 heterocycles. The summed E-state index contributed by atoms with van der Waals surface area (Å²) in [6.07, 6.45) is 0. The Morgan fingerprint density at radius 1 is 0.440 bits per heavy atom. The number of hydrogen-bond acceptors (Lipinski definition) is 4. The van der Waals surface area contributed by atoms with E-state index in [1.807, 2.05) is 0 Å². The van der Waals surface area contributed by atoms with Crippen molar-refractivity contribution in [3.05, 3.63) is 0 Å². The Morgan fingerprint density at radius 2 is 0.480 bits per heavy atom. The summed E-state index contributed by atoms with van der Waals surface area (Å²) in [4.78, 5) is 38.8. The van der Waals surface area contributed by atoms with Gasteiger partial charge in [0.05, 0.1) is 23.7 Å². The van der Waals surface area contributed by atoms with Gasteiger partial charge in [-0.3, -0.25) is 19.2 Å². The van der Waals surface area contributed by atoms with E-state index in [2.05, 4.69) is 0 Å². The maximum absolute atomic E-state index is 9.70. The van der Waals surface area contributed by atoms with Crippen LogP contribution in [0.25, 0.3) is 0 Å². The second kappa shape index (κ2) is 20.6. The van der Waals surface area contributed by atoms with E-state index in [0.29, 0.717) is 0 Å². The van der Waals surface area contributed by atoms with E-state index in [9.17, 15) is 19.2 Å². The first-order valence-corrected chi connectivity index (χ1v) is 7.48. The van der Waals surface area contributed by atoms with Crippen LogP contribution in [0.1, 0.15) is 55.4 Å². The van der Waals surface area contributed by atoms with E-state index < -0.39 is 23.9 Å². The molecule has 0 aliphatic carbocycles. The molecule has 25 heavy (non-hydrogen) atoms. The Balaban J connectivity index is -0.0000000702. The van der Waals surface area contributed by atoms with Crippen LogP contribution >= 0.6 is 0 Å². The summed E-state index contributed by atoms with van der Waals surface area (Å²) in [6, 6.07) is 0. The molecule has 0 unspecified atom stereocenters. The minimum absolute atomic E-state index is 0. The molecule has 0 amide bonds. The Labute approximate surface area is 164 Å². The predicted molar refractivity (Wildman–Crippen MR) is 89.9 cm³/mol. The molecule has 4 N–H and O–H groups in total. The van der Waals surface area contributed by atoms with Gasteiger partial charge in [-0.1, -0.05) is 55.4 Å². The fraction of sp³-hybridized carbons (Fsp3) is 0.750. The number of aliphatic carboxylic acids is 4. The quantitative estimate of drug-likeness (QED) is 0.526. The maximum Gasteiger partial charge on any atom is 0.305 e. The maximum atomic E-state index is 9.70. The van der Waals surface area contributed by atoms with Crippen molar-refractivity contribution >= 4 is 23.9 Å². The Hall–Kier alpha value is -1.41. The van der Waals surface area contributed by atoms with Gasteiger partial charge in [0.25, 0.3) is 0 Å². The molecule has 0 saturated carbocycles. The van der Waals surface area contributed by atoms with Crippen molar-refractivity contribution in [3.63, 3.8) is 0 Å². The second-order valence-electron chi connectivity index (χ2n) is 5.97. The van der Waals surface area contributed by atoms with Gasteiger partial charge >= 0.3 is 23.9 Å². The van der Waals surface area contributed by atoms with Gasteiger partial charge in [0, 0.05) is 21.7 Å². The van der Waals surface area contributed by atoms with Gasteiger partial charge in [0.1, 0.15) is 0 Å². The zero-order valence-corrected chi connectivity index (χ0v) is 17.8. The minimum Gasteiger partial charge on any atom is -0.481 e. The van der Waals surface area contributed by atoms with E-state index >= 15 is 0 Å². The van der Waals surface area contributed by atoms with E-state index in [-0.39, 0.29) is 45.4 Å². The van der Waals surface area contributed by atoms with E-state index in [0.717, 1.165) is 0 Å². The fourth-order valence-electron chi connectivity index (χ4n) is 0. The largest absolute Gasteiger partial charge is 0.481 e. The number of carboxylic acids is 4. The van der Waals surface area contributed by atoms with Gasteiger partial charge in [-0.05, 0) is 0 Å². The van der Waals surface area contributed by atoms with Crippen LogP contribution in [0.5, 0.6) is 0 Å². The molecule has 0 spiro atoms. The summed E-state index contributed by atoms with van der Waals surface area (Å²) in [5, 5.41) is 32.0. The zero-order valence-electron chi connectivity index (χ0n) is 16.2. The summed E-state index contributed by atoms with van der Waals surface area (Å²) in [5.41, 5.74) is 0. The van der Waals surface area contributed by atoms with Gasteiger partial charge in [-0.2, -0.15) is 0 Å². The molecule has 0 bridgehead atoms. The molecule has 8 nitrogen and oxygen atoms in total. The Bertz CT molecular complexity index is 304. The normalized spacial score (nSPS) is 8.80. The first kappa shape index (κ1) is 34.8. The van der Waals surface area contributed by atoms with Crippen molar-refractivity contribution in [1.29, 1.82) is 0 Å². The molecule has 0 fully saturated rings. The molecule has 9 heteroatoms. The summed E-state index contributed by atoms with van der Waals surface area (Å²) >= 11 is 0. The van der Waals surface area contributed by atoms with Crippen molar-refractivity contribution in [3.8, 4) is 0 Å². The third-order valence-electron chi connectivity index (χ3n) is 1.98. The average molecular weight is 400 g/mol. The van der Waals surface area contributed by atoms with Crippen molar-refractivity contribution in [2.45, 2.75) is 55.4 Å². The smallest absolute Gasteiger partial charge is 0.305 e. The fourth-order valence-corrected chi connectivity index (χ4v) is 0. The van der Waals surface area contributed by atoms with Crippen molar-refractivity contribution < 1.29 is 61.3 Å². The topological polar surface area (TPSA) is 149 Å². The van der Waals surface area contributed by atoms with Crippen molar-refractivity contribution in [2.24, 2.45) is 23.7 Å². The molecule has 148 valence electrons. The van der Waals surface area contributed by atoms with Crippen LogP contribution in [-0.2, 0) is 40.9 Å². The van der Waals surface area contributed by atoms with Crippen molar-refractivity contribution in [2.75, 3.05) is 0 Å². The van der Waals surface area contributed by atoms with Crippen LogP contribution in [-0.4, -0.2) is 44.3 Å². The third-order valence-corrected chi connectivity index (χ3v) is 1.98. The van der Waals surface area contributed by atoms with Gasteiger partial charge < -0.3 is 20.4 Å². The summed E-state index contributed by atoms with van der Waals surface area (Å²) in [5.74, 6) is -3.89. The standard InChI is InChI=1S/4C4H8O2.Ti/c4*1-3(2)4(5)6;/h4*3H,1-2H3,(H,5,6);. The van der Waals surface area contributed by atoms with E-state index in [4.69, 9.17) is 20.4 Å². The van der Waals surface area contributed by atoms with Crippen LogP contribution in [0.2, 0.25) is 0 Å². The zero-order chi connectivity index (χ0) is 20.6. The molecular weight excluding hydrogens is 368 g/mol. The number of hydrogen-bond donors (Lipinski definition) is 4. The molecule has 0 aromatic rings. The summed E-state index contributed by atoms with van der Waals surface area (Å²) < 4.78 is 0. The van der Waals surface area contributed by atoms with E-state index in [1.54, 1.807) is 55.4 Å². The Morgan fingerprint density at radius 3 is 0.480 bits per heavy atom. The minimum atomic E-state index is -0.741. The molecule has 0 saturated heterocycles. The average Bonchev–Trinajstić information content (AvgIpc) is 2.40. The van der Waals surface area contributed by atoms with Gasteiger partial charge in [-0.25, -0.2) is 0 Å². The molecule has 0 atom stereocenters. The molecule has 0 radical (unpaired) electrons. The van der Waals surface area contributed by atoms with Crippen molar-refractivity contribution in [1.82, 2.24) is 0 Å². The number of carboxylic acid groups (broad SMARTS) is 4. The number of rotatable bonds is 4. The molecular formula is C16H32O8Ti. The van der Waals surface area contributed by atoms with E-state index in [1.165, 1.54) is 0 Å².